The predicted octanol–water partition coefficient (Wildman–Crippen LogP) is 12.3. The zero-order valence-electron chi connectivity index (χ0n) is 43.2. The van der Waals surface area contributed by atoms with Crippen LogP contribution in [0.1, 0.15) is 161 Å². The molecule has 0 aliphatic rings. The first-order valence-electron chi connectivity index (χ1n) is 24.3. The number of benzene rings is 6. The second-order valence-electron chi connectivity index (χ2n) is 19.5. The second-order valence-corrected chi connectivity index (χ2v) is 33.8. The molecular formula is C61H64Ge2O8. The molecule has 0 fully saturated rings. The Morgan fingerprint density at radius 3 is 0.535 bits per heavy atom. The van der Waals surface area contributed by atoms with Crippen LogP contribution in [0.5, 0.6) is 0 Å². The van der Waals surface area contributed by atoms with Gasteiger partial charge in [0.15, 0.2) is 0 Å². The fourth-order valence-electron chi connectivity index (χ4n) is 10.7. The van der Waals surface area contributed by atoms with Gasteiger partial charge in [0.05, 0.1) is 0 Å². The van der Waals surface area contributed by atoms with Crippen molar-refractivity contribution < 1.29 is 38.4 Å². The van der Waals surface area contributed by atoms with Gasteiger partial charge in [-0.1, -0.05) is 0 Å². The summed E-state index contributed by atoms with van der Waals surface area (Å²) in [5, 5.41) is 0. The van der Waals surface area contributed by atoms with Crippen molar-refractivity contribution in [3.8, 4) is 0 Å². The molecule has 0 atom stereocenters. The van der Waals surface area contributed by atoms with Crippen molar-refractivity contribution >= 4 is 63.5 Å². The molecular weight excluding hydrogens is 1010 g/mol. The van der Waals surface area contributed by atoms with Gasteiger partial charge in [0, 0.05) is 0 Å². The Balaban J connectivity index is 1.47. The molecule has 0 radical (unpaired) electrons. The summed E-state index contributed by atoms with van der Waals surface area (Å²) >= 11 is -12.0. The monoisotopic (exact) mass is 1070 g/mol. The molecule has 0 bridgehead atoms. The van der Waals surface area contributed by atoms with Crippen LogP contribution in [0.25, 0.3) is 0 Å². The van der Waals surface area contributed by atoms with E-state index >= 15 is 38.4 Å². The zero-order valence-corrected chi connectivity index (χ0v) is 47.4. The van der Waals surface area contributed by atoms with Crippen molar-refractivity contribution in [2.24, 2.45) is 0 Å². The first-order chi connectivity index (χ1) is 33.6. The number of hydrogen-bond donors (Lipinski definition) is 0. The van der Waals surface area contributed by atoms with Crippen LogP contribution in [0.4, 0.5) is 0 Å². The van der Waals surface area contributed by atoms with Gasteiger partial charge in [0.25, 0.3) is 0 Å². The van der Waals surface area contributed by atoms with Gasteiger partial charge in [-0.05, 0) is 0 Å². The van der Waals surface area contributed by atoms with E-state index in [1.165, 1.54) is 0 Å². The molecule has 71 heavy (non-hydrogen) atoms. The van der Waals surface area contributed by atoms with E-state index in [0.29, 0.717) is 66.8 Å². The fraction of sp³-hybridized carbons (Fsp3) is 0.279. The first kappa shape index (κ1) is 54.1. The standard InChI is InChI=1S/C61H64Ge2O8/c1-36-22-16-23-37(2)50(36)56(66)62(57(67)51-38(3)24-17-25-39(51)4,58(68)52-40(5)26-18-27-41(52)6)48(64)34-14-13-15-35-49(65)63(59(69)53-42(7)28-19-29-43(53)8,60(70)54-44(9)30-20-31-45(54)10)61(71)55-46(11)32-21-33-47(55)12/h16-33H,13-15,34-35H2,1-12H3. The van der Waals surface area contributed by atoms with E-state index in [1.807, 2.05) is 0 Å². The van der Waals surface area contributed by atoms with Crippen LogP contribution in [0.15, 0.2) is 109 Å². The number of hydrogen-bond acceptors (Lipinski definition) is 8. The van der Waals surface area contributed by atoms with E-state index < -0.39 is 63.5 Å². The summed E-state index contributed by atoms with van der Waals surface area (Å²) in [5.41, 5.74) is 7.81. The minimum atomic E-state index is -5.99. The second kappa shape index (κ2) is 22.0. The van der Waals surface area contributed by atoms with Crippen molar-refractivity contribution in [2.75, 3.05) is 0 Å². The fourth-order valence-corrected chi connectivity index (χ4v) is 28.4. The molecule has 0 unspecified atom stereocenters. The Labute approximate surface area is 423 Å². The molecule has 6 aromatic carbocycles. The van der Waals surface area contributed by atoms with E-state index in [-0.39, 0.29) is 65.5 Å². The van der Waals surface area contributed by atoms with Crippen LogP contribution in [0, 0.1) is 83.1 Å². The number of carbonyl (C=O) groups excluding carboxylic acids is 8. The minimum absolute atomic E-state index is 0.0831. The van der Waals surface area contributed by atoms with Gasteiger partial charge in [-0.15, -0.1) is 0 Å². The molecule has 0 spiro atoms. The molecule has 0 aromatic heterocycles. The van der Waals surface area contributed by atoms with Crippen LogP contribution in [-0.2, 0) is 9.59 Å². The third kappa shape index (κ3) is 9.77. The molecule has 0 saturated heterocycles. The maximum atomic E-state index is 15.7. The van der Waals surface area contributed by atoms with Crippen molar-refractivity contribution in [2.45, 2.75) is 115 Å². The van der Waals surface area contributed by atoms with Crippen molar-refractivity contribution in [1.82, 2.24) is 0 Å². The molecule has 0 aliphatic carbocycles. The van der Waals surface area contributed by atoms with Crippen LogP contribution < -0.4 is 0 Å². The molecule has 6 aromatic rings. The number of unbranched alkanes of at least 4 members (excludes halogenated alkanes) is 2. The Morgan fingerprint density at radius 2 is 0.394 bits per heavy atom. The number of rotatable bonds is 20. The van der Waals surface area contributed by atoms with Crippen LogP contribution in [0.3, 0.4) is 0 Å². The molecule has 10 heteroatoms. The number of carbonyl (C=O) groups is 8. The number of aryl methyl sites for hydroxylation is 12. The quantitative estimate of drug-likeness (QED) is 0.0544. The molecule has 0 amide bonds. The molecule has 0 N–H and O–H groups in total. The van der Waals surface area contributed by atoms with Gasteiger partial charge < -0.3 is 0 Å². The summed E-state index contributed by atoms with van der Waals surface area (Å²) in [6.07, 6.45) is -0.267. The third-order valence-corrected chi connectivity index (χ3v) is 30.7. The Bertz CT molecular complexity index is 2570. The van der Waals surface area contributed by atoms with Gasteiger partial charge in [-0.25, -0.2) is 0 Å². The molecule has 0 saturated carbocycles. The molecule has 364 valence electrons. The molecule has 0 aliphatic heterocycles. The molecule has 0 heterocycles. The van der Waals surface area contributed by atoms with Crippen molar-refractivity contribution in [1.29, 1.82) is 0 Å². The summed E-state index contributed by atoms with van der Waals surface area (Å²) in [6.45, 7) is 20.9. The maximum absolute atomic E-state index is 15.7. The van der Waals surface area contributed by atoms with E-state index in [9.17, 15) is 0 Å². The summed E-state index contributed by atoms with van der Waals surface area (Å²) in [5.74, 6) is 0. The van der Waals surface area contributed by atoms with E-state index in [2.05, 4.69) is 0 Å². The Morgan fingerprint density at radius 1 is 0.254 bits per heavy atom. The van der Waals surface area contributed by atoms with Crippen molar-refractivity contribution in [3.63, 3.8) is 0 Å². The molecule has 6 rings (SSSR count). The summed E-state index contributed by atoms with van der Waals surface area (Å²) in [6, 6.07) is 31.7. The van der Waals surface area contributed by atoms with Gasteiger partial charge in [0.2, 0.25) is 0 Å². The topological polar surface area (TPSA) is 137 Å². The van der Waals surface area contributed by atoms with Gasteiger partial charge in [-0.2, -0.15) is 0 Å². The van der Waals surface area contributed by atoms with Gasteiger partial charge in [-0.3, -0.25) is 0 Å². The van der Waals surface area contributed by atoms with Crippen molar-refractivity contribution in [3.05, 3.63) is 209 Å². The van der Waals surface area contributed by atoms with Gasteiger partial charge in [0.1, 0.15) is 0 Å². The Hall–Kier alpha value is -6.23. The molecule has 8 nitrogen and oxygen atoms in total. The zero-order chi connectivity index (χ0) is 52.3. The van der Waals surface area contributed by atoms with Crippen LogP contribution >= 0.6 is 0 Å². The Kier molecular flexibility index (Phi) is 16.8. The average Bonchev–Trinajstić information content (AvgIpc) is 3.29. The van der Waals surface area contributed by atoms with E-state index in [1.54, 1.807) is 192 Å². The first-order valence-corrected chi connectivity index (χ1v) is 32.7. The van der Waals surface area contributed by atoms with Gasteiger partial charge >= 0.3 is 426 Å². The third-order valence-electron chi connectivity index (χ3n) is 14.4. The van der Waals surface area contributed by atoms with Crippen LogP contribution in [0.2, 0.25) is 0 Å². The van der Waals surface area contributed by atoms with Crippen LogP contribution in [-0.4, -0.2) is 63.5 Å². The normalized spacial score (nSPS) is 11.5. The average molecular weight is 1070 g/mol. The van der Waals surface area contributed by atoms with E-state index in [0.717, 1.165) is 0 Å². The summed E-state index contributed by atoms with van der Waals surface area (Å²) in [4.78, 5) is 125. The summed E-state index contributed by atoms with van der Waals surface area (Å²) in [7, 11) is 0. The van der Waals surface area contributed by atoms with E-state index in [4.69, 9.17) is 0 Å². The predicted molar refractivity (Wildman–Crippen MR) is 286 cm³/mol. The SMILES string of the molecule is Cc1cccc(C)c1[C](=O)[Ge]([C](=O)CCCCC[C](=O)[Ge]([C](=O)c1c(C)cccc1C)([C](=O)c1c(C)cccc1C)[C](=O)c1c(C)cccc1C)([C](=O)c1c(C)cccc1C)[C](=O)c1c(C)cccc1C. The summed E-state index contributed by atoms with van der Waals surface area (Å²) < 4.78 is -5.62.